The van der Waals surface area contributed by atoms with Crippen molar-refractivity contribution in [1.82, 2.24) is 5.43 Å². The molecular weight excluding hydrogens is 411 g/mol. The van der Waals surface area contributed by atoms with Gasteiger partial charge in [-0.3, -0.25) is 9.59 Å². The number of methoxy groups -OCH3 is 1. The van der Waals surface area contributed by atoms with Crippen molar-refractivity contribution in [3.8, 4) is 5.75 Å². The van der Waals surface area contributed by atoms with Crippen molar-refractivity contribution in [2.24, 2.45) is 5.10 Å². The summed E-state index contributed by atoms with van der Waals surface area (Å²) in [7, 11) is 1.50. The van der Waals surface area contributed by atoms with Crippen LogP contribution in [0.4, 0.5) is 18.9 Å². The number of carbonyl (C=O) groups is 2. The topological polar surface area (TPSA) is 79.8 Å². The van der Waals surface area contributed by atoms with Crippen molar-refractivity contribution in [2.45, 2.75) is 19.5 Å². The molecular formula is C19H17ClF3N3O3. The Bertz CT molecular complexity index is 929. The highest BCUT2D eigenvalue weighted by atomic mass is 35.5. The molecule has 2 aromatic carbocycles. The van der Waals surface area contributed by atoms with E-state index in [1.165, 1.54) is 20.1 Å². The number of carbonyl (C=O) groups excluding carboxylic acids is 2. The summed E-state index contributed by atoms with van der Waals surface area (Å²) in [6.45, 7) is 1.50. The SMILES string of the molecule is COc1ccc(C(=O)NN=C(C)CC(=O)Nc2ccc(Cl)c(C(F)(F)F)c2)cc1. The zero-order valence-electron chi connectivity index (χ0n) is 15.4. The van der Waals surface area contributed by atoms with Gasteiger partial charge in [0.2, 0.25) is 5.91 Å². The number of hydrazone groups is 1. The summed E-state index contributed by atoms with van der Waals surface area (Å²) >= 11 is 5.54. The molecule has 0 spiro atoms. The zero-order chi connectivity index (χ0) is 21.6. The van der Waals surface area contributed by atoms with Gasteiger partial charge in [0.05, 0.1) is 24.1 Å². The van der Waals surface area contributed by atoms with Crippen LogP contribution in [0.1, 0.15) is 29.3 Å². The maximum Gasteiger partial charge on any atom is 0.417 e. The van der Waals surface area contributed by atoms with Gasteiger partial charge in [0.25, 0.3) is 5.91 Å². The fourth-order valence-electron chi connectivity index (χ4n) is 2.25. The van der Waals surface area contributed by atoms with Gasteiger partial charge in [0.1, 0.15) is 5.75 Å². The summed E-state index contributed by atoms with van der Waals surface area (Å²) in [5.74, 6) is -0.492. The molecule has 0 aliphatic rings. The van der Waals surface area contributed by atoms with Crippen LogP contribution < -0.4 is 15.5 Å². The van der Waals surface area contributed by atoms with Gasteiger partial charge in [-0.2, -0.15) is 18.3 Å². The number of nitrogens with zero attached hydrogens (tertiary/aromatic N) is 1. The van der Waals surface area contributed by atoms with Gasteiger partial charge in [0, 0.05) is 17.0 Å². The largest absolute Gasteiger partial charge is 0.497 e. The third-order valence-electron chi connectivity index (χ3n) is 3.67. The number of ether oxygens (including phenoxy) is 1. The summed E-state index contributed by atoms with van der Waals surface area (Å²) in [6.07, 6.45) is -4.87. The highest BCUT2D eigenvalue weighted by molar-refractivity contribution is 6.31. The molecule has 6 nitrogen and oxygen atoms in total. The zero-order valence-corrected chi connectivity index (χ0v) is 16.2. The van der Waals surface area contributed by atoms with E-state index in [2.05, 4.69) is 15.8 Å². The van der Waals surface area contributed by atoms with Gasteiger partial charge in [-0.15, -0.1) is 0 Å². The van der Waals surface area contributed by atoms with Gasteiger partial charge >= 0.3 is 6.18 Å². The molecule has 29 heavy (non-hydrogen) atoms. The molecule has 0 saturated heterocycles. The van der Waals surface area contributed by atoms with E-state index in [1.54, 1.807) is 24.3 Å². The van der Waals surface area contributed by atoms with E-state index in [1.807, 2.05) is 0 Å². The molecule has 154 valence electrons. The molecule has 2 N–H and O–H groups in total. The van der Waals surface area contributed by atoms with Crippen LogP contribution in [0.15, 0.2) is 47.6 Å². The standard InChI is InChI=1S/C19H17ClF3N3O3/c1-11(25-26-18(28)12-3-6-14(29-2)7-4-12)9-17(27)24-13-5-8-16(20)15(10-13)19(21,22)23/h3-8,10H,9H2,1-2H3,(H,24,27)(H,26,28). The van der Waals surface area contributed by atoms with Crippen molar-refractivity contribution in [3.63, 3.8) is 0 Å². The third-order valence-corrected chi connectivity index (χ3v) is 4.00. The second kappa shape index (κ2) is 9.42. The predicted octanol–water partition coefficient (Wildman–Crippen LogP) is 4.50. The Morgan fingerprint density at radius 3 is 2.38 bits per heavy atom. The van der Waals surface area contributed by atoms with Gasteiger partial charge in [-0.1, -0.05) is 11.6 Å². The molecule has 10 heteroatoms. The summed E-state index contributed by atoms with van der Waals surface area (Å²) in [5, 5.41) is 5.70. The molecule has 0 aromatic heterocycles. The highest BCUT2D eigenvalue weighted by Gasteiger charge is 2.33. The Kier molecular flexibility index (Phi) is 7.22. The third kappa shape index (κ3) is 6.49. The van der Waals surface area contributed by atoms with E-state index in [9.17, 15) is 22.8 Å². The highest BCUT2D eigenvalue weighted by Crippen LogP contribution is 2.36. The van der Waals surface area contributed by atoms with Crippen LogP contribution in [0.25, 0.3) is 0 Å². The number of anilines is 1. The van der Waals surface area contributed by atoms with E-state index in [0.717, 1.165) is 12.1 Å². The number of alkyl halides is 3. The summed E-state index contributed by atoms with van der Waals surface area (Å²) in [6, 6.07) is 9.37. The maximum atomic E-state index is 12.9. The van der Waals surface area contributed by atoms with Crippen molar-refractivity contribution >= 4 is 34.8 Å². The van der Waals surface area contributed by atoms with Crippen molar-refractivity contribution < 1.29 is 27.5 Å². The first kappa shape index (κ1) is 22.2. The van der Waals surface area contributed by atoms with Crippen LogP contribution in [0.2, 0.25) is 5.02 Å². The molecule has 2 aromatic rings. The van der Waals surface area contributed by atoms with Gasteiger partial charge in [-0.05, 0) is 49.4 Å². The molecule has 0 saturated carbocycles. The minimum atomic E-state index is -4.64. The fourth-order valence-corrected chi connectivity index (χ4v) is 2.48. The molecule has 0 radical (unpaired) electrons. The molecule has 0 fully saturated rings. The lowest BCUT2D eigenvalue weighted by atomic mass is 10.2. The Labute approximate surface area is 169 Å². The van der Waals surface area contributed by atoms with Gasteiger partial charge in [-0.25, -0.2) is 5.43 Å². The molecule has 0 aliphatic carbocycles. The number of rotatable bonds is 6. The Morgan fingerprint density at radius 1 is 1.14 bits per heavy atom. The average molecular weight is 428 g/mol. The number of nitrogens with one attached hydrogen (secondary N) is 2. The lowest BCUT2D eigenvalue weighted by Crippen LogP contribution is -2.21. The summed E-state index contributed by atoms with van der Waals surface area (Å²) in [4.78, 5) is 24.0. The first-order valence-corrected chi connectivity index (χ1v) is 8.62. The lowest BCUT2D eigenvalue weighted by molar-refractivity contribution is -0.137. The molecule has 2 rings (SSSR count). The second-order valence-corrected chi connectivity index (χ2v) is 6.34. The quantitative estimate of drug-likeness (QED) is 0.526. The summed E-state index contributed by atoms with van der Waals surface area (Å²) in [5.41, 5.74) is 1.80. The van der Waals surface area contributed by atoms with Crippen molar-refractivity contribution in [2.75, 3.05) is 12.4 Å². The van der Waals surface area contributed by atoms with E-state index < -0.39 is 28.6 Å². The summed E-state index contributed by atoms with van der Waals surface area (Å²) < 4.78 is 43.6. The van der Waals surface area contributed by atoms with Gasteiger partial charge in [0.15, 0.2) is 0 Å². The second-order valence-electron chi connectivity index (χ2n) is 5.93. The first-order chi connectivity index (χ1) is 13.6. The Balaban J connectivity index is 1.95. The van der Waals surface area contributed by atoms with Crippen molar-refractivity contribution in [3.05, 3.63) is 58.6 Å². The molecule has 0 heterocycles. The number of hydrogen-bond acceptors (Lipinski definition) is 4. The Hall–Kier alpha value is -3.07. The fraction of sp³-hybridized carbons (Fsp3) is 0.211. The molecule has 0 aliphatic heterocycles. The van der Waals surface area contributed by atoms with Crippen LogP contribution in [0.3, 0.4) is 0 Å². The van der Waals surface area contributed by atoms with E-state index in [4.69, 9.17) is 16.3 Å². The van der Waals surface area contributed by atoms with Gasteiger partial charge < -0.3 is 10.1 Å². The average Bonchev–Trinajstić information content (AvgIpc) is 2.66. The number of hydrogen-bond donors (Lipinski definition) is 2. The normalized spacial score (nSPS) is 11.7. The van der Waals surface area contributed by atoms with E-state index >= 15 is 0 Å². The van der Waals surface area contributed by atoms with Crippen LogP contribution in [-0.4, -0.2) is 24.6 Å². The molecule has 0 bridgehead atoms. The smallest absolute Gasteiger partial charge is 0.417 e. The van der Waals surface area contributed by atoms with Crippen LogP contribution in [-0.2, 0) is 11.0 Å². The minimum absolute atomic E-state index is 0.0539. The molecule has 0 atom stereocenters. The lowest BCUT2D eigenvalue weighted by Gasteiger charge is -2.11. The minimum Gasteiger partial charge on any atom is -0.497 e. The van der Waals surface area contributed by atoms with E-state index in [-0.39, 0.29) is 17.8 Å². The predicted molar refractivity (Wildman–Crippen MR) is 103 cm³/mol. The first-order valence-electron chi connectivity index (χ1n) is 8.24. The molecule has 0 unspecified atom stereocenters. The monoisotopic (exact) mass is 427 g/mol. The van der Waals surface area contributed by atoms with Crippen LogP contribution >= 0.6 is 11.6 Å². The number of benzene rings is 2. The Morgan fingerprint density at radius 2 is 1.79 bits per heavy atom. The number of halogens is 4. The maximum absolute atomic E-state index is 12.9. The van der Waals surface area contributed by atoms with Crippen molar-refractivity contribution in [1.29, 1.82) is 0 Å². The number of amides is 2. The molecule has 2 amide bonds. The van der Waals surface area contributed by atoms with E-state index in [0.29, 0.717) is 11.3 Å². The van der Waals surface area contributed by atoms with Crippen LogP contribution in [0, 0.1) is 0 Å². The van der Waals surface area contributed by atoms with Crippen LogP contribution in [0.5, 0.6) is 5.75 Å².